The maximum atomic E-state index is 12.8. The molecule has 0 heterocycles. The summed E-state index contributed by atoms with van der Waals surface area (Å²) in [4.78, 5) is 27.0. The summed E-state index contributed by atoms with van der Waals surface area (Å²) in [5.74, 6) is -1.64. The Morgan fingerprint density at radius 2 is 1.10 bits per heavy atom. The van der Waals surface area contributed by atoms with Crippen LogP contribution in [0.25, 0.3) is 0 Å². The van der Waals surface area contributed by atoms with Gasteiger partial charge in [0.05, 0.1) is 37.1 Å². The standard InChI is InChI=1S/C18H16N2O8S2/c1-27-15-5-3-13(19-11-21)9-17(15)29(23,24)7-8-30(25,26)18-10-14(20-12-22)4-6-16(18)28-2/h3-6,9-10H,7-8H2,1-2H3. The highest BCUT2D eigenvalue weighted by Gasteiger charge is 2.27. The van der Waals surface area contributed by atoms with Crippen molar-refractivity contribution >= 4 is 43.2 Å². The number of rotatable bonds is 9. The molecule has 158 valence electrons. The molecule has 0 saturated heterocycles. The molecule has 0 amide bonds. The van der Waals surface area contributed by atoms with E-state index in [1.165, 1.54) is 50.6 Å². The number of isocyanates is 2. The number of methoxy groups -OCH3 is 2. The molecule has 2 rings (SSSR count). The van der Waals surface area contributed by atoms with Crippen LogP contribution in [0.2, 0.25) is 0 Å². The fraction of sp³-hybridized carbons (Fsp3) is 0.222. The Balaban J connectivity index is 2.43. The molecule has 0 spiro atoms. The molecule has 10 nitrogen and oxygen atoms in total. The Labute approximate surface area is 172 Å². The Kier molecular flexibility index (Phi) is 7.25. The van der Waals surface area contributed by atoms with Crippen LogP contribution in [0, 0.1) is 0 Å². The molecule has 0 saturated carbocycles. The van der Waals surface area contributed by atoms with Crippen molar-refractivity contribution in [2.24, 2.45) is 9.98 Å². The maximum Gasteiger partial charge on any atom is 0.240 e. The van der Waals surface area contributed by atoms with Crippen LogP contribution in [0.4, 0.5) is 11.4 Å². The van der Waals surface area contributed by atoms with Gasteiger partial charge in [0.2, 0.25) is 12.2 Å². The minimum Gasteiger partial charge on any atom is -0.495 e. The van der Waals surface area contributed by atoms with E-state index in [-0.39, 0.29) is 32.7 Å². The largest absolute Gasteiger partial charge is 0.495 e. The number of aliphatic imine (C=N–C) groups is 2. The zero-order valence-corrected chi connectivity index (χ0v) is 17.5. The summed E-state index contributed by atoms with van der Waals surface area (Å²) >= 11 is 0. The van der Waals surface area contributed by atoms with E-state index < -0.39 is 31.2 Å². The van der Waals surface area contributed by atoms with Crippen LogP contribution in [0.1, 0.15) is 0 Å². The lowest BCUT2D eigenvalue weighted by molar-refractivity contribution is 0.402. The molecular formula is C18H16N2O8S2. The summed E-state index contributed by atoms with van der Waals surface area (Å²) in [6.45, 7) is 0. The van der Waals surface area contributed by atoms with E-state index in [0.717, 1.165) is 12.1 Å². The predicted molar refractivity (Wildman–Crippen MR) is 106 cm³/mol. The van der Waals surface area contributed by atoms with E-state index in [2.05, 4.69) is 9.98 Å². The van der Waals surface area contributed by atoms with Gasteiger partial charge in [-0.3, -0.25) is 0 Å². The number of sulfone groups is 2. The fourth-order valence-corrected chi connectivity index (χ4v) is 6.21. The first-order valence-corrected chi connectivity index (χ1v) is 11.5. The van der Waals surface area contributed by atoms with Crippen LogP contribution in [-0.2, 0) is 29.3 Å². The molecule has 0 aliphatic heterocycles. The van der Waals surface area contributed by atoms with Gasteiger partial charge in [-0.1, -0.05) is 0 Å². The van der Waals surface area contributed by atoms with Crippen LogP contribution in [0.15, 0.2) is 56.2 Å². The highest BCUT2D eigenvalue weighted by atomic mass is 32.2. The quantitative estimate of drug-likeness (QED) is 0.414. The van der Waals surface area contributed by atoms with Gasteiger partial charge in [0.15, 0.2) is 19.7 Å². The number of ether oxygens (including phenoxy) is 2. The van der Waals surface area contributed by atoms with Crippen molar-refractivity contribution in [3.63, 3.8) is 0 Å². The van der Waals surface area contributed by atoms with Crippen LogP contribution in [0.3, 0.4) is 0 Å². The minimum absolute atomic E-state index is 0.0216. The number of nitrogens with zero attached hydrogens (tertiary/aromatic N) is 2. The molecule has 12 heteroatoms. The Bertz CT molecular complexity index is 1160. The molecule has 30 heavy (non-hydrogen) atoms. The van der Waals surface area contributed by atoms with Crippen LogP contribution in [-0.4, -0.2) is 54.7 Å². The number of hydrogen-bond donors (Lipinski definition) is 0. The average Bonchev–Trinajstić information content (AvgIpc) is 2.73. The zero-order chi connectivity index (χ0) is 22.4. The molecule has 2 aromatic rings. The maximum absolute atomic E-state index is 12.8. The molecule has 0 aromatic heterocycles. The van der Waals surface area contributed by atoms with Crippen molar-refractivity contribution in [1.29, 1.82) is 0 Å². The molecule has 0 bridgehead atoms. The first kappa shape index (κ1) is 23.0. The molecule has 0 fully saturated rings. The lowest BCUT2D eigenvalue weighted by Crippen LogP contribution is -2.18. The van der Waals surface area contributed by atoms with Gasteiger partial charge >= 0.3 is 0 Å². The third-order valence-corrected chi connectivity index (χ3v) is 7.65. The van der Waals surface area contributed by atoms with Gasteiger partial charge in [0.25, 0.3) is 0 Å². The molecule has 0 aliphatic carbocycles. The Morgan fingerprint density at radius 1 is 0.733 bits per heavy atom. The van der Waals surface area contributed by atoms with Crippen LogP contribution in [0.5, 0.6) is 11.5 Å². The van der Waals surface area contributed by atoms with Crippen LogP contribution < -0.4 is 9.47 Å². The molecule has 0 radical (unpaired) electrons. The van der Waals surface area contributed by atoms with Gasteiger partial charge in [-0.2, -0.15) is 9.98 Å². The van der Waals surface area contributed by atoms with Crippen molar-refractivity contribution in [2.75, 3.05) is 25.7 Å². The Hall–Kier alpha value is -3.30. The summed E-state index contributed by atoms with van der Waals surface area (Å²) < 4.78 is 61.2. The zero-order valence-electron chi connectivity index (χ0n) is 15.9. The monoisotopic (exact) mass is 452 g/mol. The summed E-state index contributed by atoms with van der Waals surface area (Å²) in [5.41, 5.74) is 0.0432. The fourth-order valence-electron chi connectivity index (χ4n) is 2.50. The molecule has 0 N–H and O–H groups in total. The Morgan fingerprint density at radius 3 is 1.40 bits per heavy atom. The van der Waals surface area contributed by atoms with E-state index >= 15 is 0 Å². The predicted octanol–water partition coefficient (Wildman–Crippen LogP) is 1.89. The van der Waals surface area contributed by atoms with Crippen molar-refractivity contribution in [1.82, 2.24) is 0 Å². The van der Waals surface area contributed by atoms with E-state index in [4.69, 9.17) is 9.47 Å². The minimum atomic E-state index is -4.15. The summed E-state index contributed by atoms with van der Waals surface area (Å²) in [5, 5.41) is 0. The van der Waals surface area contributed by atoms with E-state index in [9.17, 15) is 26.4 Å². The van der Waals surface area contributed by atoms with Crippen molar-refractivity contribution < 1.29 is 35.9 Å². The summed E-state index contributed by atoms with van der Waals surface area (Å²) in [7, 11) is -5.80. The van der Waals surface area contributed by atoms with Gasteiger partial charge < -0.3 is 9.47 Å². The second-order valence-corrected chi connectivity index (χ2v) is 9.87. The first-order chi connectivity index (χ1) is 14.2. The average molecular weight is 452 g/mol. The summed E-state index contributed by atoms with van der Waals surface area (Å²) in [6.07, 6.45) is 2.60. The topological polar surface area (TPSA) is 146 Å². The second kappa shape index (κ2) is 9.47. The van der Waals surface area contributed by atoms with Crippen molar-refractivity contribution in [2.45, 2.75) is 9.79 Å². The second-order valence-electron chi connectivity index (χ2n) is 5.71. The molecule has 0 unspecified atom stereocenters. The van der Waals surface area contributed by atoms with E-state index in [1.54, 1.807) is 0 Å². The number of carbonyl (C=O) groups excluding carboxylic acids is 2. The highest BCUT2D eigenvalue weighted by Crippen LogP contribution is 2.32. The molecular weight excluding hydrogens is 436 g/mol. The van der Waals surface area contributed by atoms with Crippen molar-refractivity contribution in [3.05, 3.63) is 36.4 Å². The van der Waals surface area contributed by atoms with Gasteiger partial charge in [-0.15, -0.1) is 0 Å². The smallest absolute Gasteiger partial charge is 0.240 e. The van der Waals surface area contributed by atoms with Gasteiger partial charge in [0, 0.05) is 0 Å². The van der Waals surface area contributed by atoms with Crippen LogP contribution >= 0.6 is 0 Å². The number of benzene rings is 2. The lowest BCUT2D eigenvalue weighted by atomic mass is 10.3. The van der Waals surface area contributed by atoms with Crippen molar-refractivity contribution in [3.8, 4) is 11.5 Å². The third-order valence-electron chi connectivity index (χ3n) is 3.93. The van der Waals surface area contributed by atoms with Gasteiger partial charge in [-0.05, 0) is 36.4 Å². The van der Waals surface area contributed by atoms with E-state index in [0.29, 0.717) is 0 Å². The first-order valence-electron chi connectivity index (χ1n) is 8.16. The normalized spacial score (nSPS) is 11.1. The van der Waals surface area contributed by atoms with Gasteiger partial charge in [0.1, 0.15) is 21.3 Å². The molecule has 0 atom stereocenters. The third kappa shape index (κ3) is 5.19. The molecule has 2 aromatic carbocycles. The molecule has 0 aliphatic rings. The SMILES string of the molecule is COc1ccc(N=C=O)cc1S(=O)(=O)CCS(=O)(=O)c1cc(N=C=O)ccc1OC. The number of hydrogen-bond acceptors (Lipinski definition) is 10. The lowest BCUT2D eigenvalue weighted by Gasteiger charge is -2.12. The van der Waals surface area contributed by atoms with E-state index in [1.807, 2.05) is 0 Å². The summed E-state index contributed by atoms with van der Waals surface area (Å²) in [6, 6.07) is 7.47. The van der Waals surface area contributed by atoms with Gasteiger partial charge in [-0.25, -0.2) is 26.4 Å². The highest BCUT2D eigenvalue weighted by molar-refractivity contribution is 7.95.